The number of allylic oxidation sites excluding steroid dienone is 5. The lowest BCUT2D eigenvalue weighted by Gasteiger charge is -2.19. The van der Waals surface area contributed by atoms with Crippen molar-refractivity contribution in [3.8, 4) is 0 Å². The number of phosphoric acid groups is 1. The molecule has 0 aromatic heterocycles. The lowest BCUT2D eigenvalue weighted by atomic mass is 10.1. The van der Waals surface area contributed by atoms with Crippen LogP contribution in [0.2, 0.25) is 0 Å². The van der Waals surface area contributed by atoms with Gasteiger partial charge in [0.2, 0.25) is 0 Å². The number of rotatable bonds is 36. The van der Waals surface area contributed by atoms with Crippen LogP contribution in [-0.4, -0.2) is 60.5 Å². The third-order valence-corrected chi connectivity index (χ3v) is 9.09. The molecule has 0 bridgehead atoms. The van der Waals surface area contributed by atoms with Gasteiger partial charge in [0.15, 0.2) is 6.10 Å². The second kappa shape index (κ2) is 35.6. The molecule has 0 aliphatic heterocycles. The van der Waals surface area contributed by atoms with Gasteiger partial charge in [-0.05, 0) is 57.8 Å². The number of aliphatic hydroxyl groups excluding tert-OH is 1. The molecule has 0 spiro atoms. The standard InChI is InChI=1S/C39H72NO9P/c1-3-5-7-8-9-10-11-12-13-16-19-22-26-30-38(42)46-34-37(35-48-50(44,45)47-33-32-40)49-39(43)31-27-23-20-17-14-15-18-21-25-29-36(41)28-24-6-4-2/h10-11,18,21,25,29,36-37,41H,3-9,12-17,19-20,22-24,26-28,30-35,40H2,1-2H3,(H,44,45)/b11-10-,21-18-,29-25+. The monoisotopic (exact) mass is 729 g/mol. The molecular formula is C39H72NO9P. The Hall–Kier alpha value is -1.81. The molecule has 3 unspecified atom stereocenters. The first-order valence-electron chi connectivity index (χ1n) is 19.6. The van der Waals surface area contributed by atoms with Gasteiger partial charge in [0.25, 0.3) is 0 Å². The van der Waals surface area contributed by atoms with Crippen molar-refractivity contribution in [3.63, 3.8) is 0 Å². The summed E-state index contributed by atoms with van der Waals surface area (Å²) in [6.07, 6.45) is 33.5. The molecule has 0 rings (SSSR count). The fraction of sp³-hybridized carbons (Fsp3) is 0.795. The van der Waals surface area contributed by atoms with E-state index in [2.05, 4.69) is 32.1 Å². The molecule has 0 aromatic carbocycles. The molecule has 0 aliphatic rings. The Morgan fingerprint density at radius 1 is 0.680 bits per heavy atom. The van der Waals surface area contributed by atoms with Gasteiger partial charge in [0, 0.05) is 19.4 Å². The van der Waals surface area contributed by atoms with Crippen molar-refractivity contribution in [1.29, 1.82) is 0 Å². The highest BCUT2D eigenvalue weighted by molar-refractivity contribution is 7.47. The van der Waals surface area contributed by atoms with Crippen molar-refractivity contribution in [3.05, 3.63) is 36.5 Å². The maximum absolute atomic E-state index is 12.5. The molecule has 50 heavy (non-hydrogen) atoms. The Balaban J connectivity index is 4.30. The molecule has 3 atom stereocenters. The number of hydrogen-bond acceptors (Lipinski definition) is 9. The van der Waals surface area contributed by atoms with E-state index in [4.69, 9.17) is 24.3 Å². The number of hydrogen-bond donors (Lipinski definition) is 3. The van der Waals surface area contributed by atoms with E-state index < -0.39 is 32.5 Å². The second-order valence-electron chi connectivity index (χ2n) is 13.0. The summed E-state index contributed by atoms with van der Waals surface area (Å²) in [6, 6.07) is 0. The molecule has 10 nitrogen and oxygen atoms in total. The molecule has 0 amide bonds. The Morgan fingerprint density at radius 2 is 1.22 bits per heavy atom. The fourth-order valence-electron chi connectivity index (χ4n) is 5.12. The third kappa shape index (κ3) is 34.6. The number of phosphoric ester groups is 1. The lowest BCUT2D eigenvalue weighted by molar-refractivity contribution is -0.161. The van der Waals surface area contributed by atoms with Gasteiger partial charge >= 0.3 is 19.8 Å². The van der Waals surface area contributed by atoms with Gasteiger partial charge in [0.1, 0.15) is 6.61 Å². The first-order valence-corrected chi connectivity index (χ1v) is 21.1. The van der Waals surface area contributed by atoms with Gasteiger partial charge < -0.3 is 25.2 Å². The minimum absolute atomic E-state index is 0.0402. The number of nitrogens with two attached hydrogens (primary N) is 1. The predicted molar refractivity (Wildman–Crippen MR) is 203 cm³/mol. The molecule has 0 aliphatic carbocycles. The lowest BCUT2D eigenvalue weighted by Crippen LogP contribution is -2.29. The predicted octanol–water partition coefficient (Wildman–Crippen LogP) is 9.58. The summed E-state index contributed by atoms with van der Waals surface area (Å²) >= 11 is 0. The zero-order valence-corrected chi connectivity index (χ0v) is 32.4. The smallest absolute Gasteiger partial charge is 0.462 e. The number of carbonyl (C=O) groups is 2. The van der Waals surface area contributed by atoms with Crippen molar-refractivity contribution < 1.29 is 42.7 Å². The van der Waals surface area contributed by atoms with Crippen molar-refractivity contribution in [2.45, 2.75) is 174 Å². The molecule has 0 radical (unpaired) electrons. The van der Waals surface area contributed by atoms with E-state index in [1.54, 1.807) is 0 Å². The zero-order valence-electron chi connectivity index (χ0n) is 31.5. The van der Waals surface area contributed by atoms with Crippen molar-refractivity contribution in [1.82, 2.24) is 0 Å². The largest absolute Gasteiger partial charge is 0.472 e. The number of aliphatic hydroxyl groups is 1. The Kier molecular flexibility index (Phi) is 34.3. The zero-order chi connectivity index (χ0) is 37.0. The minimum Gasteiger partial charge on any atom is -0.462 e. The van der Waals surface area contributed by atoms with Crippen LogP contribution in [-0.2, 0) is 32.7 Å². The summed E-state index contributed by atoms with van der Waals surface area (Å²) in [6.45, 7) is 3.52. The number of carbonyl (C=O) groups excluding carboxylic acids is 2. The molecule has 0 saturated carbocycles. The van der Waals surface area contributed by atoms with Gasteiger partial charge in [-0.3, -0.25) is 18.6 Å². The van der Waals surface area contributed by atoms with Crippen LogP contribution < -0.4 is 5.73 Å². The van der Waals surface area contributed by atoms with Crippen LogP contribution in [0.1, 0.15) is 162 Å². The van der Waals surface area contributed by atoms with Crippen LogP contribution in [0.4, 0.5) is 0 Å². The van der Waals surface area contributed by atoms with Gasteiger partial charge in [0.05, 0.1) is 19.3 Å². The summed E-state index contributed by atoms with van der Waals surface area (Å²) < 4.78 is 32.6. The number of esters is 2. The first-order chi connectivity index (χ1) is 24.2. The average Bonchev–Trinajstić information content (AvgIpc) is 3.09. The van der Waals surface area contributed by atoms with Crippen LogP contribution in [0.3, 0.4) is 0 Å². The SMILES string of the molecule is CCCCCC/C=C\CCCCCCCC(=O)OCC(COP(=O)(O)OCCN)OC(=O)CCCCCCC/C=C\C=C\C(O)CCCCC. The molecule has 0 fully saturated rings. The summed E-state index contributed by atoms with van der Waals surface area (Å²) in [5, 5.41) is 9.90. The van der Waals surface area contributed by atoms with Crippen LogP contribution >= 0.6 is 7.82 Å². The summed E-state index contributed by atoms with van der Waals surface area (Å²) in [5.41, 5.74) is 5.33. The minimum atomic E-state index is -4.39. The van der Waals surface area contributed by atoms with E-state index in [1.807, 2.05) is 18.2 Å². The maximum atomic E-state index is 12.5. The highest BCUT2D eigenvalue weighted by atomic mass is 31.2. The van der Waals surface area contributed by atoms with Gasteiger partial charge in [-0.15, -0.1) is 0 Å². The summed E-state index contributed by atoms with van der Waals surface area (Å²) in [7, 11) is -4.39. The van der Waals surface area contributed by atoms with E-state index in [-0.39, 0.29) is 38.7 Å². The maximum Gasteiger partial charge on any atom is 0.472 e. The highest BCUT2D eigenvalue weighted by Gasteiger charge is 2.26. The van der Waals surface area contributed by atoms with Gasteiger partial charge in [-0.1, -0.05) is 127 Å². The van der Waals surface area contributed by atoms with Crippen molar-refractivity contribution >= 4 is 19.8 Å². The molecule has 292 valence electrons. The van der Waals surface area contributed by atoms with Crippen LogP contribution in [0.5, 0.6) is 0 Å². The third-order valence-electron chi connectivity index (χ3n) is 8.10. The Bertz CT molecular complexity index is 941. The van der Waals surface area contributed by atoms with E-state index in [0.717, 1.165) is 89.9 Å². The van der Waals surface area contributed by atoms with Crippen LogP contribution in [0.15, 0.2) is 36.5 Å². The summed E-state index contributed by atoms with van der Waals surface area (Å²) in [4.78, 5) is 34.7. The first kappa shape index (κ1) is 48.2. The number of ether oxygens (including phenoxy) is 2. The van der Waals surface area contributed by atoms with E-state index >= 15 is 0 Å². The molecule has 4 N–H and O–H groups in total. The molecule has 0 heterocycles. The topological polar surface area (TPSA) is 155 Å². The quantitative estimate of drug-likeness (QED) is 0.0187. The number of unbranched alkanes of at least 4 members (excludes halogenated alkanes) is 16. The van der Waals surface area contributed by atoms with Crippen LogP contribution in [0, 0.1) is 0 Å². The normalized spacial score (nSPS) is 14.4. The van der Waals surface area contributed by atoms with Gasteiger partial charge in [-0.25, -0.2) is 4.57 Å². The highest BCUT2D eigenvalue weighted by Crippen LogP contribution is 2.43. The second-order valence-corrected chi connectivity index (χ2v) is 14.4. The van der Waals surface area contributed by atoms with Crippen LogP contribution in [0.25, 0.3) is 0 Å². The van der Waals surface area contributed by atoms with Crippen molar-refractivity contribution in [2.24, 2.45) is 5.73 Å². The van der Waals surface area contributed by atoms with E-state index in [1.165, 1.54) is 32.1 Å². The van der Waals surface area contributed by atoms with E-state index in [9.17, 15) is 24.2 Å². The van der Waals surface area contributed by atoms with Gasteiger partial charge in [-0.2, -0.15) is 0 Å². The Morgan fingerprint density at radius 3 is 1.84 bits per heavy atom. The molecular weight excluding hydrogens is 657 g/mol. The average molecular weight is 730 g/mol. The molecule has 0 aromatic rings. The summed E-state index contributed by atoms with van der Waals surface area (Å²) in [5.74, 6) is -0.891. The molecule has 0 saturated heterocycles. The van der Waals surface area contributed by atoms with Crippen molar-refractivity contribution in [2.75, 3.05) is 26.4 Å². The molecule has 11 heteroatoms. The Labute approximate surface area is 304 Å². The van der Waals surface area contributed by atoms with E-state index in [0.29, 0.717) is 12.8 Å². The fourth-order valence-corrected chi connectivity index (χ4v) is 5.88.